The second kappa shape index (κ2) is 3.74. The SMILES string of the molecule is Cn1nc(-c2ccccc2)nc1C(C)(C)C. The van der Waals surface area contributed by atoms with Crippen molar-refractivity contribution >= 4 is 0 Å². The van der Waals surface area contributed by atoms with Gasteiger partial charge in [-0.3, -0.25) is 4.68 Å². The first-order valence-corrected chi connectivity index (χ1v) is 5.45. The van der Waals surface area contributed by atoms with Gasteiger partial charge in [0.05, 0.1) is 0 Å². The first-order chi connectivity index (χ1) is 7.48. The maximum atomic E-state index is 4.60. The average molecular weight is 215 g/mol. The van der Waals surface area contributed by atoms with Crippen molar-refractivity contribution in [3.63, 3.8) is 0 Å². The Hall–Kier alpha value is -1.64. The van der Waals surface area contributed by atoms with Gasteiger partial charge in [-0.1, -0.05) is 51.1 Å². The second-order valence-electron chi connectivity index (χ2n) is 5.00. The largest absolute Gasteiger partial charge is 0.252 e. The number of aromatic nitrogens is 3. The summed E-state index contributed by atoms with van der Waals surface area (Å²) in [6.07, 6.45) is 0. The third-order valence-electron chi connectivity index (χ3n) is 2.47. The van der Waals surface area contributed by atoms with Gasteiger partial charge in [0, 0.05) is 18.0 Å². The molecule has 0 fully saturated rings. The lowest BCUT2D eigenvalue weighted by atomic mass is 9.96. The van der Waals surface area contributed by atoms with E-state index in [0.29, 0.717) is 0 Å². The van der Waals surface area contributed by atoms with E-state index in [-0.39, 0.29) is 5.41 Å². The van der Waals surface area contributed by atoms with Gasteiger partial charge in [0.25, 0.3) is 0 Å². The van der Waals surface area contributed by atoms with Gasteiger partial charge in [0.1, 0.15) is 5.82 Å². The van der Waals surface area contributed by atoms with Gasteiger partial charge in [0.2, 0.25) is 0 Å². The van der Waals surface area contributed by atoms with Crippen LogP contribution < -0.4 is 0 Å². The van der Waals surface area contributed by atoms with E-state index in [2.05, 4.69) is 30.9 Å². The molecule has 1 aromatic carbocycles. The molecule has 3 nitrogen and oxygen atoms in total. The zero-order chi connectivity index (χ0) is 11.8. The second-order valence-corrected chi connectivity index (χ2v) is 5.00. The average Bonchev–Trinajstić information content (AvgIpc) is 2.61. The van der Waals surface area contributed by atoms with E-state index in [1.165, 1.54) is 0 Å². The predicted octanol–water partition coefficient (Wildman–Crippen LogP) is 2.78. The maximum absolute atomic E-state index is 4.60. The number of hydrogen-bond acceptors (Lipinski definition) is 2. The molecule has 0 aliphatic carbocycles. The molecule has 0 amide bonds. The number of hydrogen-bond donors (Lipinski definition) is 0. The molecule has 3 heteroatoms. The first kappa shape index (κ1) is 10.9. The number of benzene rings is 1. The molecule has 0 spiro atoms. The third kappa shape index (κ3) is 1.98. The van der Waals surface area contributed by atoms with Crippen molar-refractivity contribution in [1.29, 1.82) is 0 Å². The topological polar surface area (TPSA) is 30.7 Å². The van der Waals surface area contributed by atoms with Crippen LogP contribution >= 0.6 is 0 Å². The molecule has 0 saturated heterocycles. The van der Waals surface area contributed by atoms with Crippen LogP contribution in [-0.2, 0) is 12.5 Å². The summed E-state index contributed by atoms with van der Waals surface area (Å²) >= 11 is 0. The Labute approximate surface area is 96.1 Å². The van der Waals surface area contributed by atoms with Crippen LogP contribution in [0.4, 0.5) is 0 Å². The van der Waals surface area contributed by atoms with Crippen molar-refractivity contribution in [3.05, 3.63) is 36.2 Å². The van der Waals surface area contributed by atoms with Gasteiger partial charge in [0.15, 0.2) is 5.82 Å². The molecule has 0 unspecified atom stereocenters. The molecule has 0 atom stereocenters. The Morgan fingerprint density at radius 2 is 1.69 bits per heavy atom. The van der Waals surface area contributed by atoms with Gasteiger partial charge in [-0.25, -0.2) is 4.98 Å². The maximum Gasteiger partial charge on any atom is 0.181 e. The van der Waals surface area contributed by atoms with Crippen LogP contribution in [0, 0.1) is 0 Å². The number of nitrogens with zero attached hydrogens (tertiary/aromatic N) is 3. The van der Waals surface area contributed by atoms with Crippen LogP contribution in [0.2, 0.25) is 0 Å². The lowest BCUT2D eigenvalue weighted by Gasteiger charge is -2.15. The van der Waals surface area contributed by atoms with E-state index >= 15 is 0 Å². The van der Waals surface area contributed by atoms with Crippen LogP contribution in [0.15, 0.2) is 30.3 Å². The van der Waals surface area contributed by atoms with E-state index in [9.17, 15) is 0 Å². The van der Waals surface area contributed by atoms with Crippen molar-refractivity contribution in [3.8, 4) is 11.4 Å². The lowest BCUT2D eigenvalue weighted by Crippen LogP contribution is -2.17. The molecule has 0 N–H and O–H groups in total. The highest BCUT2D eigenvalue weighted by molar-refractivity contribution is 5.54. The lowest BCUT2D eigenvalue weighted by molar-refractivity contribution is 0.506. The molecule has 0 bridgehead atoms. The molecule has 0 radical (unpaired) electrons. The Morgan fingerprint density at radius 1 is 1.06 bits per heavy atom. The summed E-state index contributed by atoms with van der Waals surface area (Å²) in [6, 6.07) is 10.1. The highest BCUT2D eigenvalue weighted by atomic mass is 15.3. The summed E-state index contributed by atoms with van der Waals surface area (Å²) in [4.78, 5) is 4.60. The molecule has 0 aliphatic heterocycles. The molecule has 0 saturated carbocycles. The Balaban J connectivity index is 2.47. The van der Waals surface area contributed by atoms with Gasteiger partial charge < -0.3 is 0 Å². The van der Waals surface area contributed by atoms with E-state index in [1.54, 1.807) is 0 Å². The van der Waals surface area contributed by atoms with Gasteiger partial charge in [-0.15, -0.1) is 0 Å². The zero-order valence-electron chi connectivity index (χ0n) is 10.2. The molecular weight excluding hydrogens is 198 g/mol. The summed E-state index contributed by atoms with van der Waals surface area (Å²) in [7, 11) is 1.94. The molecule has 0 aliphatic rings. The van der Waals surface area contributed by atoms with Crippen LogP contribution in [-0.4, -0.2) is 14.8 Å². The Kier molecular flexibility index (Phi) is 2.54. The zero-order valence-corrected chi connectivity index (χ0v) is 10.2. The summed E-state index contributed by atoms with van der Waals surface area (Å²) in [5.74, 6) is 1.80. The van der Waals surface area contributed by atoms with Gasteiger partial charge >= 0.3 is 0 Å². The highest BCUT2D eigenvalue weighted by Crippen LogP contribution is 2.23. The highest BCUT2D eigenvalue weighted by Gasteiger charge is 2.21. The fourth-order valence-electron chi connectivity index (χ4n) is 1.75. The molecule has 84 valence electrons. The molecular formula is C13H17N3. The summed E-state index contributed by atoms with van der Waals surface area (Å²) in [5, 5.41) is 4.45. The van der Waals surface area contributed by atoms with Crippen LogP contribution in [0.25, 0.3) is 11.4 Å². The third-order valence-corrected chi connectivity index (χ3v) is 2.47. The smallest absolute Gasteiger partial charge is 0.181 e. The van der Waals surface area contributed by atoms with Crippen molar-refractivity contribution in [2.24, 2.45) is 7.05 Å². The fraction of sp³-hybridized carbons (Fsp3) is 0.385. The van der Waals surface area contributed by atoms with Gasteiger partial charge in [-0.2, -0.15) is 5.10 Å². The molecule has 1 heterocycles. The Morgan fingerprint density at radius 3 is 2.19 bits per heavy atom. The van der Waals surface area contributed by atoms with E-state index < -0.39 is 0 Å². The van der Waals surface area contributed by atoms with Crippen molar-refractivity contribution < 1.29 is 0 Å². The van der Waals surface area contributed by atoms with Crippen molar-refractivity contribution in [1.82, 2.24) is 14.8 Å². The van der Waals surface area contributed by atoms with Crippen molar-refractivity contribution in [2.45, 2.75) is 26.2 Å². The van der Waals surface area contributed by atoms with Gasteiger partial charge in [-0.05, 0) is 0 Å². The quantitative estimate of drug-likeness (QED) is 0.732. The summed E-state index contributed by atoms with van der Waals surface area (Å²) in [6.45, 7) is 6.43. The van der Waals surface area contributed by atoms with E-state index in [1.807, 2.05) is 42.1 Å². The van der Waals surface area contributed by atoms with Crippen LogP contribution in [0.1, 0.15) is 26.6 Å². The minimum absolute atomic E-state index is 0.0226. The normalized spacial score (nSPS) is 11.8. The molecule has 2 rings (SSSR count). The number of rotatable bonds is 1. The van der Waals surface area contributed by atoms with Crippen molar-refractivity contribution in [2.75, 3.05) is 0 Å². The first-order valence-electron chi connectivity index (χ1n) is 5.45. The van der Waals surface area contributed by atoms with Crippen LogP contribution in [0.5, 0.6) is 0 Å². The molecule has 1 aromatic heterocycles. The predicted molar refractivity (Wildman–Crippen MR) is 65.1 cm³/mol. The van der Waals surface area contributed by atoms with E-state index in [4.69, 9.17) is 0 Å². The number of aryl methyl sites for hydroxylation is 1. The van der Waals surface area contributed by atoms with E-state index in [0.717, 1.165) is 17.2 Å². The standard InChI is InChI=1S/C13H17N3/c1-13(2,3)12-14-11(15-16(12)4)10-8-6-5-7-9-10/h5-9H,1-4H3. The summed E-state index contributed by atoms with van der Waals surface area (Å²) in [5.41, 5.74) is 1.09. The van der Waals surface area contributed by atoms with Crippen LogP contribution in [0.3, 0.4) is 0 Å². The fourth-order valence-corrected chi connectivity index (χ4v) is 1.75. The Bertz CT molecular complexity index is 478. The molecule has 2 aromatic rings. The monoisotopic (exact) mass is 215 g/mol. The summed E-state index contributed by atoms with van der Waals surface area (Å²) < 4.78 is 1.86. The minimum atomic E-state index is 0.0226. The minimum Gasteiger partial charge on any atom is -0.252 e. The molecule has 16 heavy (non-hydrogen) atoms.